The van der Waals surface area contributed by atoms with Crippen molar-refractivity contribution in [1.82, 2.24) is 5.32 Å². The fourth-order valence-electron chi connectivity index (χ4n) is 2.78. The molecule has 2 aromatic rings. The minimum atomic E-state index is -0.0828. The molecule has 1 aliphatic rings. The molecule has 3 heteroatoms. The first-order valence-electron chi connectivity index (χ1n) is 7.68. The fraction of sp³-hybridized carbons (Fsp3) is 0.316. The van der Waals surface area contributed by atoms with Crippen LogP contribution in [0.2, 0.25) is 0 Å². The number of carbonyl (C=O) groups is 1. The zero-order chi connectivity index (χ0) is 15.6. The number of benzene rings is 2. The molecule has 114 valence electrons. The number of hydrogen-bond acceptors (Lipinski definition) is 2. The molecular weight excluding hydrogens is 274 g/mol. The minimum absolute atomic E-state index is 0.000799. The quantitative estimate of drug-likeness (QED) is 0.891. The molecule has 1 aliphatic carbocycles. The molecule has 3 nitrogen and oxygen atoms in total. The van der Waals surface area contributed by atoms with Crippen molar-refractivity contribution in [2.45, 2.75) is 38.3 Å². The van der Waals surface area contributed by atoms with E-state index < -0.39 is 0 Å². The van der Waals surface area contributed by atoms with Gasteiger partial charge in [-0.05, 0) is 49.4 Å². The maximum Gasteiger partial charge on any atom is 0.251 e. The van der Waals surface area contributed by atoms with Crippen LogP contribution >= 0.6 is 0 Å². The lowest BCUT2D eigenvalue weighted by Crippen LogP contribution is -2.38. The molecule has 0 spiro atoms. The first-order chi connectivity index (χ1) is 10.6. The van der Waals surface area contributed by atoms with E-state index in [4.69, 9.17) is 5.11 Å². The van der Waals surface area contributed by atoms with E-state index in [0.717, 1.165) is 24.8 Å². The van der Waals surface area contributed by atoms with Gasteiger partial charge in [0.1, 0.15) is 0 Å². The Hall–Kier alpha value is -2.13. The zero-order valence-corrected chi connectivity index (χ0v) is 12.8. The van der Waals surface area contributed by atoms with E-state index >= 15 is 0 Å². The molecule has 3 rings (SSSR count). The van der Waals surface area contributed by atoms with Crippen molar-refractivity contribution in [3.63, 3.8) is 0 Å². The Kier molecular flexibility index (Phi) is 3.99. The van der Waals surface area contributed by atoms with Crippen molar-refractivity contribution >= 4 is 5.91 Å². The van der Waals surface area contributed by atoms with Gasteiger partial charge in [0, 0.05) is 11.1 Å². The van der Waals surface area contributed by atoms with E-state index in [1.54, 1.807) is 24.3 Å². The Morgan fingerprint density at radius 3 is 2.45 bits per heavy atom. The van der Waals surface area contributed by atoms with Crippen LogP contribution in [-0.4, -0.2) is 16.6 Å². The topological polar surface area (TPSA) is 49.3 Å². The number of nitrogens with one attached hydrogen (secondary N) is 1. The first kappa shape index (κ1) is 14.8. The highest BCUT2D eigenvalue weighted by molar-refractivity contribution is 5.95. The maximum absolute atomic E-state index is 12.4. The Morgan fingerprint density at radius 2 is 1.86 bits per heavy atom. The van der Waals surface area contributed by atoms with Gasteiger partial charge in [-0.3, -0.25) is 4.79 Å². The Bertz CT molecular complexity index is 672. The van der Waals surface area contributed by atoms with Crippen LogP contribution in [0.5, 0.6) is 0 Å². The summed E-state index contributed by atoms with van der Waals surface area (Å²) in [4.78, 5) is 12.4. The number of aliphatic hydroxyl groups excluding tert-OH is 1. The maximum atomic E-state index is 12.4. The van der Waals surface area contributed by atoms with E-state index in [1.165, 1.54) is 11.1 Å². The zero-order valence-electron chi connectivity index (χ0n) is 12.8. The van der Waals surface area contributed by atoms with Gasteiger partial charge in [0.25, 0.3) is 5.91 Å². The highest BCUT2D eigenvalue weighted by atomic mass is 16.3. The molecule has 0 radical (unpaired) electrons. The van der Waals surface area contributed by atoms with Gasteiger partial charge in [0.05, 0.1) is 6.61 Å². The molecule has 0 aromatic heterocycles. The smallest absolute Gasteiger partial charge is 0.251 e. The van der Waals surface area contributed by atoms with Gasteiger partial charge < -0.3 is 10.4 Å². The molecule has 0 aliphatic heterocycles. The largest absolute Gasteiger partial charge is 0.392 e. The van der Waals surface area contributed by atoms with Crippen LogP contribution in [0.15, 0.2) is 48.5 Å². The first-order valence-corrected chi connectivity index (χ1v) is 7.68. The summed E-state index contributed by atoms with van der Waals surface area (Å²) in [6.45, 7) is 2.09. The predicted octanol–water partition coefficient (Wildman–Crippen LogP) is 2.99. The molecule has 0 atom stereocenters. The van der Waals surface area contributed by atoms with E-state index in [2.05, 4.69) is 36.5 Å². The molecule has 1 fully saturated rings. The Morgan fingerprint density at radius 1 is 1.14 bits per heavy atom. The van der Waals surface area contributed by atoms with Crippen molar-refractivity contribution in [3.8, 4) is 0 Å². The number of aliphatic hydroxyl groups is 1. The highest BCUT2D eigenvalue weighted by Crippen LogP contribution is 2.39. The standard InChI is InChI=1S/C19H21NO2/c1-14-3-2-4-16(11-14)12-19(9-10-19)20-18(22)17-7-5-15(13-21)6-8-17/h2-8,11,21H,9-10,12-13H2,1H3,(H,20,22). The summed E-state index contributed by atoms with van der Waals surface area (Å²) >= 11 is 0. The minimum Gasteiger partial charge on any atom is -0.392 e. The summed E-state index contributed by atoms with van der Waals surface area (Å²) in [6, 6.07) is 15.6. The summed E-state index contributed by atoms with van der Waals surface area (Å²) in [7, 11) is 0. The Labute approximate surface area is 131 Å². The third-order valence-electron chi connectivity index (χ3n) is 4.26. The molecule has 0 saturated heterocycles. The van der Waals surface area contributed by atoms with Crippen molar-refractivity contribution in [1.29, 1.82) is 0 Å². The van der Waals surface area contributed by atoms with E-state index in [0.29, 0.717) is 5.56 Å². The number of amides is 1. The third-order valence-corrected chi connectivity index (χ3v) is 4.26. The van der Waals surface area contributed by atoms with Gasteiger partial charge in [0.15, 0.2) is 0 Å². The van der Waals surface area contributed by atoms with Gasteiger partial charge in [-0.2, -0.15) is 0 Å². The molecular formula is C19H21NO2. The van der Waals surface area contributed by atoms with Gasteiger partial charge in [0.2, 0.25) is 0 Å². The van der Waals surface area contributed by atoms with Crippen LogP contribution in [0.4, 0.5) is 0 Å². The second kappa shape index (κ2) is 5.93. The normalized spacial score (nSPS) is 15.4. The van der Waals surface area contributed by atoms with Crippen LogP contribution in [0.25, 0.3) is 0 Å². The summed E-state index contributed by atoms with van der Waals surface area (Å²) in [6.07, 6.45) is 2.94. The van der Waals surface area contributed by atoms with Crippen molar-refractivity contribution in [2.75, 3.05) is 0 Å². The lowest BCUT2D eigenvalue weighted by atomic mass is 10.0. The lowest BCUT2D eigenvalue weighted by Gasteiger charge is -2.18. The van der Waals surface area contributed by atoms with Gasteiger partial charge in [-0.25, -0.2) is 0 Å². The lowest BCUT2D eigenvalue weighted by molar-refractivity contribution is 0.0931. The number of rotatable bonds is 5. The van der Waals surface area contributed by atoms with Crippen LogP contribution in [0, 0.1) is 6.92 Å². The number of hydrogen-bond donors (Lipinski definition) is 2. The highest BCUT2D eigenvalue weighted by Gasteiger charge is 2.43. The average molecular weight is 295 g/mol. The van der Waals surface area contributed by atoms with Crippen LogP contribution in [-0.2, 0) is 13.0 Å². The van der Waals surface area contributed by atoms with Gasteiger partial charge in [-0.15, -0.1) is 0 Å². The van der Waals surface area contributed by atoms with E-state index in [9.17, 15) is 4.79 Å². The summed E-state index contributed by atoms with van der Waals surface area (Å²) < 4.78 is 0. The van der Waals surface area contributed by atoms with Crippen LogP contribution in [0.3, 0.4) is 0 Å². The van der Waals surface area contributed by atoms with Crippen molar-refractivity contribution in [3.05, 3.63) is 70.8 Å². The molecule has 0 bridgehead atoms. The van der Waals surface area contributed by atoms with Gasteiger partial charge in [-0.1, -0.05) is 42.0 Å². The Balaban J connectivity index is 1.67. The third kappa shape index (κ3) is 3.37. The number of carbonyl (C=O) groups excluding carboxylic acids is 1. The second-order valence-corrected chi connectivity index (χ2v) is 6.26. The molecule has 1 saturated carbocycles. The summed E-state index contributed by atoms with van der Waals surface area (Å²) in [5.41, 5.74) is 3.90. The molecule has 0 unspecified atom stereocenters. The SMILES string of the molecule is Cc1cccc(CC2(NC(=O)c3ccc(CO)cc3)CC2)c1. The molecule has 2 aromatic carbocycles. The second-order valence-electron chi connectivity index (χ2n) is 6.26. The molecule has 1 amide bonds. The summed E-state index contributed by atoms with van der Waals surface area (Å²) in [5.74, 6) is -0.0327. The molecule has 22 heavy (non-hydrogen) atoms. The monoisotopic (exact) mass is 295 g/mol. The van der Waals surface area contributed by atoms with Gasteiger partial charge >= 0.3 is 0 Å². The average Bonchev–Trinajstić information content (AvgIpc) is 3.26. The molecule has 2 N–H and O–H groups in total. The van der Waals surface area contributed by atoms with E-state index in [1.807, 2.05) is 0 Å². The summed E-state index contributed by atoms with van der Waals surface area (Å²) in [5, 5.41) is 12.2. The predicted molar refractivity (Wildman–Crippen MR) is 86.7 cm³/mol. The fourth-order valence-corrected chi connectivity index (χ4v) is 2.78. The van der Waals surface area contributed by atoms with E-state index in [-0.39, 0.29) is 18.1 Å². The molecule has 0 heterocycles. The van der Waals surface area contributed by atoms with Crippen LogP contribution < -0.4 is 5.32 Å². The van der Waals surface area contributed by atoms with Crippen molar-refractivity contribution in [2.24, 2.45) is 0 Å². The van der Waals surface area contributed by atoms with Crippen molar-refractivity contribution < 1.29 is 9.90 Å². The van der Waals surface area contributed by atoms with Crippen LogP contribution in [0.1, 0.15) is 39.9 Å². The number of aryl methyl sites for hydroxylation is 1.